The maximum Gasteiger partial charge on any atom is 0.0717 e. The molecule has 0 aliphatic carbocycles. The first-order chi connectivity index (χ1) is 4.71. The van der Waals surface area contributed by atoms with Gasteiger partial charge in [-0.1, -0.05) is 0 Å². The summed E-state index contributed by atoms with van der Waals surface area (Å²) in [6.07, 6.45) is 0.571. The van der Waals surface area contributed by atoms with Crippen molar-refractivity contribution in [3.05, 3.63) is 0 Å². The SMILES string of the molecule is CNC1(C(C)O)CCOC1. The summed E-state index contributed by atoms with van der Waals surface area (Å²) >= 11 is 0. The number of hydrogen-bond donors (Lipinski definition) is 2. The summed E-state index contributed by atoms with van der Waals surface area (Å²) < 4.78 is 5.19. The smallest absolute Gasteiger partial charge is 0.0717 e. The Morgan fingerprint density at radius 1 is 1.70 bits per heavy atom. The molecule has 0 saturated carbocycles. The van der Waals surface area contributed by atoms with Crippen LogP contribution >= 0.6 is 0 Å². The minimum atomic E-state index is -0.333. The Bertz CT molecular complexity index is 108. The second kappa shape index (κ2) is 2.86. The van der Waals surface area contributed by atoms with Crippen molar-refractivity contribution in [1.29, 1.82) is 0 Å². The average molecular weight is 145 g/mol. The van der Waals surface area contributed by atoms with Crippen LogP contribution in [0.1, 0.15) is 13.3 Å². The van der Waals surface area contributed by atoms with Crippen LogP contribution in [0.5, 0.6) is 0 Å². The molecule has 1 aliphatic heterocycles. The van der Waals surface area contributed by atoms with Crippen molar-refractivity contribution in [1.82, 2.24) is 5.32 Å². The Morgan fingerprint density at radius 2 is 2.40 bits per heavy atom. The van der Waals surface area contributed by atoms with Gasteiger partial charge in [0.05, 0.1) is 18.2 Å². The molecule has 2 N–H and O–H groups in total. The van der Waals surface area contributed by atoms with Crippen molar-refractivity contribution in [2.45, 2.75) is 25.0 Å². The summed E-state index contributed by atoms with van der Waals surface area (Å²) in [6, 6.07) is 0. The highest BCUT2D eigenvalue weighted by Gasteiger charge is 2.37. The first-order valence-corrected chi connectivity index (χ1v) is 3.66. The number of ether oxygens (including phenoxy) is 1. The standard InChI is InChI=1S/C7H15NO2/c1-6(9)7(8-2)3-4-10-5-7/h6,8-9H,3-5H2,1-2H3. The van der Waals surface area contributed by atoms with E-state index in [1.54, 1.807) is 6.92 Å². The van der Waals surface area contributed by atoms with Crippen LogP contribution in [0.2, 0.25) is 0 Å². The van der Waals surface area contributed by atoms with E-state index in [0.29, 0.717) is 6.61 Å². The Hall–Kier alpha value is -0.120. The van der Waals surface area contributed by atoms with E-state index in [0.717, 1.165) is 13.0 Å². The highest BCUT2D eigenvalue weighted by atomic mass is 16.5. The molecule has 0 aromatic heterocycles. The fourth-order valence-electron chi connectivity index (χ4n) is 1.32. The van der Waals surface area contributed by atoms with Crippen LogP contribution in [0.3, 0.4) is 0 Å². The van der Waals surface area contributed by atoms with E-state index in [-0.39, 0.29) is 11.6 Å². The zero-order valence-electron chi connectivity index (χ0n) is 6.55. The Balaban J connectivity index is 2.58. The molecule has 0 amide bonds. The van der Waals surface area contributed by atoms with E-state index in [9.17, 15) is 5.11 Å². The van der Waals surface area contributed by atoms with Crippen molar-refractivity contribution < 1.29 is 9.84 Å². The number of aliphatic hydroxyl groups is 1. The molecule has 1 rings (SSSR count). The Morgan fingerprint density at radius 3 is 2.60 bits per heavy atom. The molecular weight excluding hydrogens is 130 g/mol. The van der Waals surface area contributed by atoms with Crippen LogP contribution < -0.4 is 5.32 Å². The van der Waals surface area contributed by atoms with Crippen LogP contribution in [0, 0.1) is 0 Å². The lowest BCUT2D eigenvalue weighted by atomic mass is 9.93. The van der Waals surface area contributed by atoms with Crippen molar-refractivity contribution in [2.75, 3.05) is 20.3 Å². The van der Waals surface area contributed by atoms with E-state index in [1.807, 2.05) is 7.05 Å². The lowest BCUT2D eigenvalue weighted by molar-refractivity contribution is 0.0646. The molecule has 0 aromatic carbocycles. The number of nitrogens with one attached hydrogen (secondary N) is 1. The van der Waals surface area contributed by atoms with Gasteiger partial charge in [0.25, 0.3) is 0 Å². The molecule has 3 nitrogen and oxygen atoms in total. The summed E-state index contributed by atoms with van der Waals surface area (Å²) in [6.45, 7) is 3.18. The normalized spacial score (nSPS) is 36.3. The van der Waals surface area contributed by atoms with Gasteiger partial charge < -0.3 is 15.2 Å². The maximum atomic E-state index is 9.36. The highest BCUT2D eigenvalue weighted by Crippen LogP contribution is 2.21. The minimum Gasteiger partial charge on any atom is -0.391 e. The molecule has 0 aromatic rings. The molecule has 0 radical (unpaired) electrons. The van der Waals surface area contributed by atoms with Gasteiger partial charge >= 0.3 is 0 Å². The van der Waals surface area contributed by atoms with E-state index < -0.39 is 0 Å². The van der Waals surface area contributed by atoms with Gasteiger partial charge in [0, 0.05) is 6.61 Å². The van der Waals surface area contributed by atoms with Gasteiger partial charge in [-0.05, 0) is 20.4 Å². The van der Waals surface area contributed by atoms with Crippen molar-refractivity contribution in [3.63, 3.8) is 0 Å². The Labute approximate surface area is 61.4 Å². The lowest BCUT2D eigenvalue weighted by Crippen LogP contribution is -2.52. The summed E-state index contributed by atoms with van der Waals surface area (Å²) in [5.41, 5.74) is -0.181. The van der Waals surface area contributed by atoms with E-state index in [2.05, 4.69) is 5.32 Å². The predicted molar refractivity (Wildman–Crippen MR) is 38.9 cm³/mol. The van der Waals surface area contributed by atoms with Gasteiger partial charge in [0.2, 0.25) is 0 Å². The first-order valence-electron chi connectivity index (χ1n) is 3.66. The molecule has 10 heavy (non-hydrogen) atoms. The molecule has 1 saturated heterocycles. The van der Waals surface area contributed by atoms with E-state index in [1.165, 1.54) is 0 Å². The molecule has 1 aliphatic rings. The van der Waals surface area contributed by atoms with Gasteiger partial charge in [-0.2, -0.15) is 0 Å². The van der Waals surface area contributed by atoms with E-state index >= 15 is 0 Å². The van der Waals surface area contributed by atoms with Gasteiger partial charge in [0.15, 0.2) is 0 Å². The van der Waals surface area contributed by atoms with Gasteiger partial charge in [-0.3, -0.25) is 0 Å². The summed E-state index contributed by atoms with van der Waals surface area (Å²) in [5.74, 6) is 0. The second-order valence-corrected chi connectivity index (χ2v) is 2.88. The summed E-state index contributed by atoms with van der Waals surface area (Å²) in [7, 11) is 1.86. The van der Waals surface area contributed by atoms with Crippen LogP contribution in [-0.4, -0.2) is 37.0 Å². The quantitative estimate of drug-likeness (QED) is 0.563. The maximum absolute atomic E-state index is 9.36. The molecule has 2 atom stereocenters. The lowest BCUT2D eigenvalue weighted by Gasteiger charge is -2.29. The second-order valence-electron chi connectivity index (χ2n) is 2.88. The van der Waals surface area contributed by atoms with Crippen LogP contribution in [0.25, 0.3) is 0 Å². The predicted octanol–water partition coefficient (Wildman–Crippen LogP) is -0.254. The van der Waals surface area contributed by atoms with Gasteiger partial charge in [0.1, 0.15) is 0 Å². The average Bonchev–Trinajstić information content (AvgIpc) is 2.35. The fourth-order valence-corrected chi connectivity index (χ4v) is 1.32. The zero-order chi connectivity index (χ0) is 7.61. The molecule has 1 fully saturated rings. The molecule has 2 unspecified atom stereocenters. The third-order valence-electron chi connectivity index (χ3n) is 2.35. The molecule has 0 bridgehead atoms. The Kier molecular flexibility index (Phi) is 2.28. The van der Waals surface area contributed by atoms with Gasteiger partial charge in [-0.25, -0.2) is 0 Å². The molecule has 1 heterocycles. The van der Waals surface area contributed by atoms with Gasteiger partial charge in [-0.15, -0.1) is 0 Å². The number of likely N-dealkylation sites (N-methyl/N-ethyl adjacent to an activating group) is 1. The van der Waals surface area contributed by atoms with Crippen LogP contribution in [-0.2, 0) is 4.74 Å². The molecule has 0 spiro atoms. The molecular formula is C7H15NO2. The van der Waals surface area contributed by atoms with Crippen LogP contribution in [0.15, 0.2) is 0 Å². The summed E-state index contributed by atoms with van der Waals surface area (Å²) in [4.78, 5) is 0. The third kappa shape index (κ3) is 1.17. The topological polar surface area (TPSA) is 41.5 Å². The number of rotatable bonds is 2. The largest absolute Gasteiger partial charge is 0.391 e. The van der Waals surface area contributed by atoms with Crippen LogP contribution in [0.4, 0.5) is 0 Å². The fraction of sp³-hybridized carbons (Fsp3) is 1.00. The zero-order valence-corrected chi connectivity index (χ0v) is 6.55. The van der Waals surface area contributed by atoms with Crippen molar-refractivity contribution in [3.8, 4) is 0 Å². The highest BCUT2D eigenvalue weighted by molar-refractivity contribution is 4.94. The minimum absolute atomic E-state index is 0.181. The first kappa shape index (κ1) is 7.98. The van der Waals surface area contributed by atoms with Crippen molar-refractivity contribution >= 4 is 0 Å². The number of aliphatic hydroxyl groups excluding tert-OH is 1. The number of hydrogen-bond acceptors (Lipinski definition) is 3. The van der Waals surface area contributed by atoms with E-state index in [4.69, 9.17) is 4.74 Å². The third-order valence-corrected chi connectivity index (χ3v) is 2.35. The monoisotopic (exact) mass is 145 g/mol. The van der Waals surface area contributed by atoms with Crippen molar-refractivity contribution in [2.24, 2.45) is 0 Å². The summed E-state index contributed by atoms with van der Waals surface area (Å²) in [5, 5.41) is 12.5. The molecule has 3 heteroatoms. The molecule has 60 valence electrons.